The van der Waals surface area contributed by atoms with E-state index in [1.807, 2.05) is 18.5 Å². The molecule has 1 unspecified atom stereocenters. The standard InChI is InChI=1S/C10H18N2O/c1-4-12-10(5-8(2)7-13)6-9(3)11-12/h6,8,13H,4-5,7H2,1-3H3. The third kappa shape index (κ3) is 2.56. The van der Waals surface area contributed by atoms with Crippen LogP contribution in [0.5, 0.6) is 0 Å². The highest BCUT2D eigenvalue weighted by molar-refractivity contribution is 5.09. The van der Waals surface area contributed by atoms with Gasteiger partial charge in [-0.05, 0) is 32.3 Å². The summed E-state index contributed by atoms with van der Waals surface area (Å²) in [7, 11) is 0. The Bertz CT molecular complexity index is 268. The van der Waals surface area contributed by atoms with Crippen LogP contribution in [0, 0.1) is 12.8 Å². The van der Waals surface area contributed by atoms with Crippen molar-refractivity contribution < 1.29 is 5.11 Å². The molecule has 0 saturated heterocycles. The number of aliphatic hydroxyl groups excluding tert-OH is 1. The van der Waals surface area contributed by atoms with Gasteiger partial charge in [0, 0.05) is 18.8 Å². The first-order chi connectivity index (χ1) is 6.17. The van der Waals surface area contributed by atoms with Crippen molar-refractivity contribution in [3.63, 3.8) is 0 Å². The summed E-state index contributed by atoms with van der Waals surface area (Å²) in [5, 5.41) is 13.3. The van der Waals surface area contributed by atoms with Gasteiger partial charge < -0.3 is 5.11 Å². The number of rotatable bonds is 4. The molecule has 0 aliphatic rings. The van der Waals surface area contributed by atoms with E-state index in [1.54, 1.807) is 0 Å². The van der Waals surface area contributed by atoms with E-state index in [1.165, 1.54) is 5.69 Å². The largest absolute Gasteiger partial charge is 0.396 e. The molecule has 1 aromatic rings. The van der Waals surface area contributed by atoms with Crippen molar-refractivity contribution in [1.29, 1.82) is 0 Å². The molecule has 0 saturated carbocycles. The Morgan fingerprint density at radius 1 is 1.62 bits per heavy atom. The number of nitrogens with zero attached hydrogens (tertiary/aromatic N) is 2. The van der Waals surface area contributed by atoms with Crippen LogP contribution in [0.1, 0.15) is 25.2 Å². The smallest absolute Gasteiger partial charge is 0.0596 e. The van der Waals surface area contributed by atoms with E-state index < -0.39 is 0 Å². The summed E-state index contributed by atoms with van der Waals surface area (Å²) in [4.78, 5) is 0. The molecule has 1 aromatic heterocycles. The van der Waals surface area contributed by atoms with E-state index in [2.05, 4.69) is 18.1 Å². The van der Waals surface area contributed by atoms with E-state index in [0.717, 1.165) is 18.7 Å². The summed E-state index contributed by atoms with van der Waals surface area (Å²) in [6, 6.07) is 2.09. The minimum atomic E-state index is 0.244. The van der Waals surface area contributed by atoms with E-state index in [0.29, 0.717) is 5.92 Å². The predicted molar refractivity (Wildman–Crippen MR) is 52.6 cm³/mol. The lowest BCUT2D eigenvalue weighted by Gasteiger charge is -2.08. The Labute approximate surface area is 79.4 Å². The topological polar surface area (TPSA) is 38.0 Å². The molecule has 1 heterocycles. The summed E-state index contributed by atoms with van der Waals surface area (Å²) in [5.41, 5.74) is 2.28. The molecule has 0 aliphatic carbocycles. The molecule has 0 amide bonds. The van der Waals surface area contributed by atoms with Crippen molar-refractivity contribution in [2.24, 2.45) is 5.92 Å². The average molecular weight is 182 g/mol. The number of aryl methyl sites for hydroxylation is 2. The molecule has 0 bridgehead atoms. The third-order valence-electron chi connectivity index (χ3n) is 2.15. The maximum Gasteiger partial charge on any atom is 0.0596 e. The average Bonchev–Trinajstić information content (AvgIpc) is 2.46. The van der Waals surface area contributed by atoms with Crippen molar-refractivity contribution in [2.75, 3.05) is 6.61 Å². The second-order valence-corrected chi connectivity index (χ2v) is 3.58. The van der Waals surface area contributed by atoms with Crippen LogP contribution in [0.3, 0.4) is 0 Å². The van der Waals surface area contributed by atoms with Gasteiger partial charge in [-0.1, -0.05) is 6.92 Å². The first kappa shape index (κ1) is 10.3. The van der Waals surface area contributed by atoms with Gasteiger partial charge in [-0.25, -0.2) is 0 Å². The van der Waals surface area contributed by atoms with Gasteiger partial charge in [0.15, 0.2) is 0 Å². The summed E-state index contributed by atoms with van der Waals surface area (Å²) in [5.74, 6) is 0.321. The zero-order valence-corrected chi connectivity index (χ0v) is 8.62. The molecular weight excluding hydrogens is 164 g/mol. The van der Waals surface area contributed by atoms with Crippen molar-refractivity contribution >= 4 is 0 Å². The number of aromatic nitrogens is 2. The highest BCUT2D eigenvalue weighted by atomic mass is 16.3. The van der Waals surface area contributed by atoms with E-state index in [-0.39, 0.29) is 6.61 Å². The quantitative estimate of drug-likeness (QED) is 0.764. The predicted octanol–water partition coefficient (Wildman–Crippen LogP) is 1.38. The lowest BCUT2D eigenvalue weighted by molar-refractivity contribution is 0.235. The fourth-order valence-electron chi connectivity index (χ4n) is 1.46. The SMILES string of the molecule is CCn1nc(C)cc1CC(C)CO. The fraction of sp³-hybridized carbons (Fsp3) is 0.700. The summed E-state index contributed by atoms with van der Waals surface area (Å²) in [6.07, 6.45) is 0.908. The van der Waals surface area contributed by atoms with Crippen LogP contribution in [-0.4, -0.2) is 21.5 Å². The molecule has 1 rings (SSSR count). The summed E-state index contributed by atoms with van der Waals surface area (Å²) < 4.78 is 2.00. The van der Waals surface area contributed by atoms with Gasteiger partial charge in [0.1, 0.15) is 0 Å². The van der Waals surface area contributed by atoms with Gasteiger partial charge in [-0.2, -0.15) is 5.10 Å². The lowest BCUT2D eigenvalue weighted by Crippen LogP contribution is -2.10. The first-order valence-electron chi connectivity index (χ1n) is 4.81. The normalized spacial score (nSPS) is 13.2. The molecule has 13 heavy (non-hydrogen) atoms. The minimum Gasteiger partial charge on any atom is -0.396 e. The van der Waals surface area contributed by atoms with E-state index in [4.69, 9.17) is 5.11 Å². The molecular formula is C10H18N2O. The van der Waals surface area contributed by atoms with Gasteiger partial charge >= 0.3 is 0 Å². The molecule has 0 radical (unpaired) electrons. The van der Waals surface area contributed by atoms with Gasteiger partial charge in [0.25, 0.3) is 0 Å². The number of hydrogen-bond donors (Lipinski definition) is 1. The number of aliphatic hydroxyl groups is 1. The van der Waals surface area contributed by atoms with Crippen LogP contribution >= 0.6 is 0 Å². The molecule has 0 fully saturated rings. The van der Waals surface area contributed by atoms with Crippen molar-refractivity contribution in [2.45, 2.75) is 33.7 Å². The number of hydrogen-bond acceptors (Lipinski definition) is 2. The second-order valence-electron chi connectivity index (χ2n) is 3.58. The molecule has 0 aromatic carbocycles. The van der Waals surface area contributed by atoms with Gasteiger partial charge in [0.05, 0.1) is 5.69 Å². The zero-order valence-electron chi connectivity index (χ0n) is 8.62. The Morgan fingerprint density at radius 2 is 2.31 bits per heavy atom. The zero-order chi connectivity index (χ0) is 9.84. The highest BCUT2D eigenvalue weighted by Crippen LogP contribution is 2.09. The Morgan fingerprint density at radius 3 is 2.85 bits per heavy atom. The van der Waals surface area contributed by atoms with Gasteiger partial charge in [-0.15, -0.1) is 0 Å². The van der Waals surface area contributed by atoms with Crippen LogP contribution in [0.2, 0.25) is 0 Å². The fourth-order valence-corrected chi connectivity index (χ4v) is 1.46. The molecule has 1 atom stereocenters. The van der Waals surface area contributed by atoms with E-state index >= 15 is 0 Å². The van der Waals surface area contributed by atoms with Crippen molar-refractivity contribution in [3.05, 3.63) is 17.5 Å². The lowest BCUT2D eigenvalue weighted by atomic mass is 10.1. The first-order valence-corrected chi connectivity index (χ1v) is 4.81. The molecule has 74 valence electrons. The molecule has 0 aliphatic heterocycles. The maximum absolute atomic E-state index is 8.94. The van der Waals surface area contributed by atoms with Gasteiger partial charge in [0.2, 0.25) is 0 Å². The minimum absolute atomic E-state index is 0.244. The Kier molecular flexibility index (Phi) is 3.48. The molecule has 3 nitrogen and oxygen atoms in total. The molecule has 1 N–H and O–H groups in total. The van der Waals surface area contributed by atoms with Crippen LogP contribution in [0.25, 0.3) is 0 Å². The van der Waals surface area contributed by atoms with Crippen LogP contribution in [-0.2, 0) is 13.0 Å². The van der Waals surface area contributed by atoms with Crippen LogP contribution in [0.15, 0.2) is 6.07 Å². The van der Waals surface area contributed by atoms with Crippen molar-refractivity contribution in [3.8, 4) is 0 Å². The molecule has 3 heteroatoms. The Hall–Kier alpha value is -0.830. The van der Waals surface area contributed by atoms with Crippen molar-refractivity contribution in [1.82, 2.24) is 9.78 Å². The summed E-state index contributed by atoms with van der Waals surface area (Å²) >= 11 is 0. The summed E-state index contributed by atoms with van der Waals surface area (Å²) in [6.45, 7) is 7.27. The highest BCUT2D eigenvalue weighted by Gasteiger charge is 2.07. The molecule has 0 spiro atoms. The second kappa shape index (κ2) is 4.42. The maximum atomic E-state index is 8.94. The monoisotopic (exact) mass is 182 g/mol. The van der Waals surface area contributed by atoms with E-state index in [9.17, 15) is 0 Å². The van der Waals surface area contributed by atoms with Crippen LogP contribution < -0.4 is 0 Å². The van der Waals surface area contributed by atoms with Crippen LogP contribution in [0.4, 0.5) is 0 Å². The van der Waals surface area contributed by atoms with Gasteiger partial charge in [-0.3, -0.25) is 4.68 Å². The third-order valence-corrected chi connectivity index (χ3v) is 2.15. The Balaban J connectivity index is 2.74.